The van der Waals surface area contributed by atoms with E-state index >= 15 is 0 Å². The Bertz CT molecular complexity index is 607. The molecule has 0 bridgehead atoms. The molecule has 1 atom stereocenters. The maximum Gasteiger partial charge on any atom is 0.323 e. The maximum absolute atomic E-state index is 11.7. The van der Waals surface area contributed by atoms with Crippen LogP contribution in [0.1, 0.15) is 34.1 Å². The zero-order chi connectivity index (χ0) is 11.8. The average molecular weight is 232 g/mol. The largest absolute Gasteiger partial charge is 0.357 e. The number of carbonyl (C=O) groups is 1. The molecule has 0 saturated carbocycles. The molecule has 88 valence electrons. The second-order valence-electron chi connectivity index (χ2n) is 4.10. The summed E-state index contributed by atoms with van der Waals surface area (Å²) < 4.78 is 0. The number of aromatic amines is 3. The molecular weight excluding hydrogens is 220 g/mol. The monoisotopic (exact) mass is 232 g/mol. The lowest BCUT2D eigenvalue weighted by Crippen LogP contribution is -2.23. The predicted octanol–water partition coefficient (Wildman–Crippen LogP) is 0.296. The van der Waals surface area contributed by atoms with Crippen molar-refractivity contribution in [3.63, 3.8) is 0 Å². The molecule has 1 aliphatic heterocycles. The van der Waals surface area contributed by atoms with Crippen LogP contribution in [0.4, 0.5) is 0 Å². The summed E-state index contributed by atoms with van der Waals surface area (Å²) in [5, 5.41) is 2.82. The smallest absolute Gasteiger partial charge is 0.323 e. The number of rotatable bonds is 1. The lowest BCUT2D eigenvalue weighted by molar-refractivity contribution is 0.0951. The average Bonchev–Trinajstić information content (AvgIpc) is 2.90. The van der Waals surface area contributed by atoms with E-state index in [1.54, 1.807) is 12.4 Å². The van der Waals surface area contributed by atoms with Gasteiger partial charge in [0.15, 0.2) is 0 Å². The number of carbonyl (C=O) groups excluding carboxylic acids is 1. The fraction of sp³-hybridized carbons (Fsp3) is 0.273. The molecule has 3 rings (SSSR count). The van der Waals surface area contributed by atoms with Crippen molar-refractivity contribution in [1.29, 1.82) is 0 Å². The van der Waals surface area contributed by atoms with Gasteiger partial charge in [0.1, 0.15) is 5.69 Å². The van der Waals surface area contributed by atoms with Crippen molar-refractivity contribution in [2.75, 3.05) is 6.54 Å². The van der Waals surface area contributed by atoms with Crippen LogP contribution in [0, 0.1) is 0 Å². The topological polar surface area (TPSA) is 93.5 Å². The first kappa shape index (κ1) is 9.95. The molecule has 2 aromatic heterocycles. The highest BCUT2D eigenvalue weighted by Gasteiger charge is 2.26. The molecular formula is C11H12N4O2. The lowest BCUT2D eigenvalue weighted by atomic mass is 9.94. The third-order valence-electron chi connectivity index (χ3n) is 3.09. The summed E-state index contributed by atoms with van der Waals surface area (Å²) in [7, 11) is 0. The third kappa shape index (κ3) is 1.57. The lowest BCUT2D eigenvalue weighted by Gasteiger charge is -2.11. The number of fused-ring (bicyclic) bond motifs is 1. The van der Waals surface area contributed by atoms with Crippen LogP contribution in [-0.4, -0.2) is 27.4 Å². The number of hydrogen-bond donors (Lipinski definition) is 4. The highest BCUT2D eigenvalue weighted by atomic mass is 16.2. The summed E-state index contributed by atoms with van der Waals surface area (Å²) in [6, 6.07) is 1.89. The van der Waals surface area contributed by atoms with Crippen LogP contribution in [0.2, 0.25) is 0 Å². The van der Waals surface area contributed by atoms with Gasteiger partial charge in [0.05, 0.1) is 0 Å². The van der Waals surface area contributed by atoms with Gasteiger partial charge in [-0.05, 0) is 18.1 Å². The number of hydrogen-bond acceptors (Lipinski definition) is 2. The Balaban J connectivity index is 2.09. The molecule has 0 aromatic carbocycles. The van der Waals surface area contributed by atoms with E-state index in [9.17, 15) is 9.59 Å². The van der Waals surface area contributed by atoms with Gasteiger partial charge in [-0.1, -0.05) is 0 Å². The van der Waals surface area contributed by atoms with E-state index in [0.717, 1.165) is 17.7 Å². The quantitative estimate of drug-likeness (QED) is 0.569. The minimum absolute atomic E-state index is 0.0362. The molecule has 1 amide bonds. The summed E-state index contributed by atoms with van der Waals surface area (Å²) in [5.41, 5.74) is 2.10. The highest BCUT2D eigenvalue weighted by molar-refractivity contribution is 5.94. The van der Waals surface area contributed by atoms with Crippen molar-refractivity contribution in [3.05, 3.63) is 45.9 Å². The number of aromatic nitrogens is 3. The molecule has 4 N–H and O–H groups in total. The van der Waals surface area contributed by atoms with Gasteiger partial charge in [0.2, 0.25) is 0 Å². The van der Waals surface area contributed by atoms with Crippen molar-refractivity contribution in [3.8, 4) is 0 Å². The molecule has 0 spiro atoms. The molecule has 17 heavy (non-hydrogen) atoms. The molecule has 3 heterocycles. The summed E-state index contributed by atoms with van der Waals surface area (Å²) in [4.78, 5) is 31.1. The van der Waals surface area contributed by atoms with Crippen LogP contribution in [0.25, 0.3) is 0 Å². The molecule has 2 aromatic rings. The van der Waals surface area contributed by atoms with E-state index in [1.807, 2.05) is 6.07 Å². The molecule has 6 nitrogen and oxygen atoms in total. The standard InChI is InChI=1S/C11H12N4O2/c16-10-9-7(2-3-12-9)6(1-4-13-10)8-5-14-11(17)15-8/h2-3,5-6,12H,1,4H2,(H,13,16)(H2,14,15,17). The summed E-state index contributed by atoms with van der Waals surface area (Å²) in [6.07, 6.45) is 4.18. The minimum atomic E-state index is -0.222. The van der Waals surface area contributed by atoms with E-state index < -0.39 is 0 Å². The van der Waals surface area contributed by atoms with E-state index in [4.69, 9.17) is 0 Å². The van der Waals surface area contributed by atoms with Gasteiger partial charge >= 0.3 is 5.69 Å². The van der Waals surface area contributed by atoms with Gasteiger partial charge < -0.3 is 20.3 Å². The second-order valence-corrected chi connectivity index (χ2v) is 4.10. The maximum atomic E-state index is 11.7. The Kier molecular flexibility index (Phi) is 2.14. The number of imidazole rings is 1. The van der Waals surface area contributed by atoms with Crippen LogP contribution < -0.4 is 11.0 Å². The number of nitrogens with one attached hydrogen (secondary N) is 4. The van der Waals surface area contributed by atoms with Crippen LogP contribution in [0.3, 0.4) is 0 Å². The number of H-pyrrole nitrogens is 3. The third-order valence-corrected chi connectivity index (χ3v) is 3.09. The SMILES string of the molecule is O=C1NCCC(c2c[nH]c(=O)[nH]2)c2cc[nH]c21. The van der Waals surface area contributed by atoms with E-state index in [1.165, 1.54) is 0 Å². The van der Waals surface area contributed by atoms with Gasteiger partial charge in [-0.15, -0.1) is 0 Å². The Morgan fingerprint density at radius 2 is 2.12 bits per heavy atom. The van der Waals surface area contributed by atoms with Crippen molar-refractivity contribution < 1.29 is 4.79 Å². The summed E-state index contributed by atoms with van der Waals surface area (Å²) in [6.45, 7) is 0.596. The van der Waals surface area contributed by atoms with Crippen LogP contribution in [0.5, 0.6) is 0 Å². The van der Waals surface area contributed by atoms with Crippen molar-refractivity contribution in [2.45, 2.75) is 12.3 Å². The first-order valence-corrected chi connectivity index (χ1v) is 5.49. The molecule has 0 radical (unpaired) electrons. The highest BCUT2D eigenvalue weighted by Crippen LogP contribution is 2.29. The first-order valence-electron chi connectivity index (χ1n) is 5.49. The van der Waals surface area contributed by atoms with Crippen molar-refractivity contribution in [2.24, 2.45) is 0 Å². The summed E-state index contributed by atoms with van der Waals surface area (Å²) >= 11 is 0. The fourth-order valence-corrected chi connectivity index (χ4v) is 2.30. The van der Waals surface area contributed by atoms with Crippen molar-refractivity contribution >= 4 is 5.91 Å². The van der Waals surface area contributed by atoms with Gasteiger partial charge in [-0.25, -0.2) is 4.79 Å². The predicted molar refractivity (Wildman–Crippen MR) is 61.0 cm³/mol. The molecule has 1 unspecified atom stereocenters. The summed E-state index contributed by atoms with van der Waals surface area (Å²) in [5.74, 6) is -0.0560. The Morgan fingerprint density at radius 1 is 1.24 bits per heavy atom. The molecule has 0 fully saturated rings. The normalized spacial score (nSPS) is 19.5. The Labute approximate surface area is 96.5 Å². The Hall–Kier alpha value is -2.24. The fourth-order valence-electron chi connectivity index (χ4n) is 2.30. The molecule has 0 saturated heterocycles. The van der Waals surface area contributed by atoms with Crippen LogP contribution in [-0.2, 0) is 0 Å². The van der Waals surface area contributed by atoms with Gasteiger partial charge in [-0.3, -0.25) is 4.79 Å². The van der Waals surface area contributed by atoms with Crippen LogP contribution >= 0.6 is 0 Å². The second kappa shape index (κ2) is 3.65. The minimum Gasteiger partial charge on any atom is -0.357 e. The Morgan fingerprint density at radius 3 is 2.88 bits per heavy atom. The first-order chi connectivity index (χ1) is 8.25. The zero-order valence-electron chi connectivity index (χ0n) is 9.04. The number of amides is 1. The molecule has 0 aliphatic carbocycles. The van der Waals surface area contributed by atoms with Gasteiger partial charge in [0.25, 0.3) is 5.91 Å². The zero-order valence-corrected chi connectivity index (χ0v) is 9.04. The van der Waals surface area contributed by atoms with Crippen molar-refractivity contribution in [1.82, 2.24) is 20.3 Å². The van der Waals surface area contributed by atoms with E-state index in [2.05, 4.69) is 20.3 Å². The van der Waals surface area contributed by atoms with E-state index in [0.29, 0.717) is 12.2 Å². The van der Waals surface area contributed by atoms with E-state index in [-0.39, 0.29) is 17.5 Å². The molecule has 6 heteroatoms. The van der Waals surface area contributed by atoms with Gasteiger partial charge in [-0.2, -0.15) is 0 Å². The van der Waals surface area contributed by atoms with Gasteiger partial charge in [0, 0.05) is 30.6 Å². The van der Waals surface area contributed by atoms with Crippen LogP contribution in [0.15, 0.2) is 23.3 Å². The molecule has 1 aliphatic rings.